The molecule has 1 aromatic heterocycles. The van der Waals surface area contributed by atoms with Crippen molar-refractivity contribution < 1.29 is 9.13 Å². The molecule has 2 heterocycles. The summed E-state index contributed by atoms with van der Waals surface area (Å²) in [6.07, 6.45) is 0. The zero-order valence-corrected chi connectivity index (χ0v) is 10.3. The largest absolute Gasteiger partial charge is 0.379 e. The van der Waals surface area contributed by atoms with E-state index >= 15 is 0 Å². The highest BCUT2D eigenvalue weighted by Crippen LogP contribution is 2.27. The third-order valence-electron chi connectivity index (χ3n) is 3.51. The van der Waals surface area contributed by atoms with E-state index in [0.717, 1.165) is 23.4 Å². The lowest BCUT2D eigenvalue weighted by molar-refractivity contribution is 0.190. The summed E-state index contributed by atoms with van der Waals surface area (Å²) in [5.74, 6) is 0.763. The summed E-state index contributed by atoms with van der Waals surface area (Å²) in [5.41, 5.74) is 7.67. The quantitative estimate of drug-likeness (QED) is 0.880. The SMILES string of the molecule is CCn1c(C2COCC2N)nc2ccc(F)cc21. The number of rotatable bonds is 2. The minimum absolute atomic E-state index is 0.0306. The monoisotopic (exact) mass is 249 g/mol. The van der Waals surface area contributed by atoms with Crippen LogP contribution in [0.15, 0.2) is 18.2 Å². The number of aromatic nitrogens is 2. The number of halogens is 1. The molecule has 0 bridgehead atoms. The molecule has 1 aliphatic rings. The minimum atomic E-state index is -0.240. The van der Waals surface area contributed by atoms with Gasteiger partial charge in [0.15, 0.2) is 0 Å². The molecule has 1 fully saturated rings. The van der Waals surface area contributed by atoms with Gasteiger partial charge in [0.25, 0.3) is 0 Å². The molecule has 18 heavy (non-hydrogen) atoms. The summed E-state index contributed by atoms with van der Waals surface area (Å²) in [6, 6.07) is 4.64. The lowest BCUT2D eigenvalue weighted by atomic mass is 10.0. The molecule has 0 spiro atoms. The number of hydrogen-bond acceptors (Lipinski definition) is 3. The second kappa shape index (κ2) is 4.33. The fourth-order valence-corrected chi connectivity index (χ4v) is 2.57. The maximum Gasteiger partial charge on any atom is 0.125 e. The number of fused-ring (bicyclic) bond motifs is 1. The zero-order valence-electron chi connectivity index (χ0n) is 10.3. The summed E-state index contributed by atoms with van der Waals surface area (Å²) in [6.45, 7) is 3.92. The molecule has 0 radical (unpaired) electrons. The first-order valence-corrected chi connectivity index (χ1v) is 6.19. The number of benzene rings is 1. The van der Waals surface area contributed by atoms with Gasteiger partial charge in [0.1, 0.15) is 11.6 Å². The minimum Gasteiger partial charge on any atom is -0.379 e. The van der Waals surface area contributed by atoms with Crippen LogP contribution in [-0.4, -0.2) is 28.8 Å². The lowest BCUT2D eigenvalue weighted by Gasteiger charge is -2.14. The van der Waals surface area contributed by atoms with E-state index in [0.29, 0.717) is 13.2 Å². The Hall–Kier alpha value is -1.46. The Morgan fingerprint density at radius 3 is 3.00 bits per heavy atom. The summed E-state index contributed by atoms with van der Waals surface area (Å²) < 4.78 is 20.7. The Kier molecular flexibility index (Phi) is 2.80. The molecule has 4 nitrogen and oxygen atoms in total. The van der Waals surface area contributed by atoms with Gasteiger partial charge in [0.2, 0.25) is 0 Å². The van der Waals surface area contributed by atoms with Crippen molar-refractivity contribution >= 4 is 11.0 Å². The highest BCUT2D eigenvalue weighted by Gasteiger charge is 2.30. The molecule has 0 amide bonds. The van der Waals surface area contributed by atoms with Crippen LogP contribution in [-0.2, 0) is 11.3 Å². The molecule has 1 aliphatic heterocycles. The van der Waals surface area contributed by atoms with Crippen LogP contribution in [0.3, 0.4) is 0 Å². The number of ether oxygens (including phenoxy) is 1. The summed E-state index contributed by atoms with van der Waals surface area (Å²) in [7, 11) is 0. The molecule has 96 valence electrons. The van der Waals surface area contributed by atoms with Crippen LogP contribution >= 0.6 is 0 Å². The second-order valence-corrected chi connectivity index (χ2v) is 4.66. The van der Waals surface area contributed by atoms with Crippen molar-refractivity contribution in [3.63, 3.8) is 0 Å². The van der Waals surface area contributed by atoms with Crippen LogP contribution in [0.5, 0.6) is 0 Å². The zero-order chi connectivity index (χ0) is 12.7. The van der Waals surface area contributed by atoms with Gasteiger partial charge < -0.3 is 15.0 Å². The molecule has 1 saturated heterocycles. The highest BCUT2D eigenvalue weighted by atomic mass is 19.1. The van der Waals surface area contributed by atoms with E-state index in [1.165, 1.54) is 12.1 Å². The number of hydrogen-bond donors (Lipinski definition) is 1. The van der Waals surface area contributed by atoms with Crippen LogP contribution in [0.1, 0.15) is 18.7 Å². The summed E-state index contributed by atoms with van der Waals surface area (Å²) in [4.78, 5) is 4.59. The number of nitrogens with zero attached hydrogens (tertiary/aromatic N) is 2. The van der Waals surface area contributed by atoms with E-state index in [1.54, 1.807) is 6.07 Å². The molecule has 2 aromatic rings. The van der Waals surface area contributed by atoms with E-state index in [4.69, 9.17) is 10.5 Å². The first kappa shape index (κ1) is 11.6. The van der Waals surface area contributed by atoms with Crippen molar-refractivity contribution in [1.29, 1.82) is 0 Å². The maximum absolute atomic E-state index is 13.3. The van der Waals surface area contributed by atoms with Gasteiger partial charge in [0.05, 0.1) is 30.2 Å². The van der Waals surface area contributed by atoms with Gasteiger partial charge in [-0.3, -0.25) is 0 Å². The van der Waals surface area contributed by atoms with Crippen molar-refractivity contribution in [1.82, 2.24) is 9.55 Å². The van der Waals surface area contributed by atoms with Crippen molar-refractivity contribution in [3.8, 4) is 0 Å². The van der Waals surface area contributed by atoms with E-state index in [-0.39, 0.29) is 17.8 Å². The topological polar surface area (TPSA) is 53.1 Å². The third-order valence-corrected chi connectivity index (χ3v) is 3.51. The molecule has 0 aliphatic carbocycles. The van der Waals surface area contributed by atoms with Crippen molar-refractivity contribution in [2.45, 2.75) is 25.4 Å². The van der Waals surface area contributed by atoms with Crippen molar-refractivity contribution in [2.75, 3.05) is 13.2 Å². The van der Waals surface area contributed by atoms with Gasteiger partial charge in [-0.25, -0.2) is 9.37 Å². The van der Waals surface area contributed by atoms with Crippen LogP contribution in [0.25, 0.3) is 11.0 Å². The Morgan fingerprint density at radius 1 is 1.50 bits per heavy atom. The number of imidazole rings is 1. The Balaban J connectivity index is 2.16. The number of aryl methyl sites for hydroxylation is 1. The molecule has 2 atom stereocenters. The van der Waals surface area contributed by atoms with Gasteiger partial charge in [-0.05, 0) is 25.1 Å². The standard InChI is InChI=1S/C13H16FN3O/c1-2-17-12-5-8(14)3-4-11(12)16-13(17)9-6-18-7-10(9)15/h3-5,9-10H,2,6-7,15H2,1H3. The van der Waals surface area contributed by atoms with Crippen LogP contribution < -0.4 is 5.73 Å². The molecule has 0 saturated carbocycles. The Labute approximate surface area is 105 Å². The fraction of sp³-hybridized carbons (Fsp3) is 0.462. The first-order valence-electron chi connectivity index (χ1n) is 6.19. The Bertz CT molecular complexity index is 581. The normalized spacial score (nSPS) is 23.9. The predicted octanol–water partition coefficient (Wildman–Crippen LogP) is 1.64. The number of nitrogens with two attached hydrogens (primary N) is 1. The molecule has 2 N–H and O–H groups in total. The molecule has 2 unspecified atom stereocenters. The van der Waals surface area contributed by atoms with Gasteiger partial charge in [-0.15, -0.1) is 0 Å². The van der Waals surface area contributed by atoms with E-state index in [1.807, 2.05) is 11.5 Å². The predicted molar refractivity (Wildman–Crippen MR) is 66.9 cm³/mol. The smallest absolute Gasteiger partial charge is 0.125 e. The molecule has 3 rings (SSSR count). The second-order valence-electron chi connectivity index (χ2n) is 4.66. The van der Waals surface area contributed by atoms with Gasteiger partial charge in [-0.1, -0.05) is 0 Å². The van der Waals surface area contributed by atoms with E-state index < -0.39 is 0 Å². The van der Waals surface area contributed by atoms with Gasteiger partial charge in [0, 0.05) is 12.6 Å². The van der Waals surface area contributed by atoms with Crippen molar-refractivity contribution in [3.05, 3.63) is 29.8 Å². The molecular formula is C13H16FN3O. The fourth-order valence-electron chi connectivity index (χ4n) is 2.57. The Morgan fingerprint density at radius 2 is 2.33 bits per heavy atom. The van der Waals surface area contributed by atoms with E-state index in [2.05, 4.69) is 4.98 Å². The van der Waals surface area contributed by atoms with Gasteiger partial charge >= 0.3 is 0 Å². The summed E-state index contributed by atoms with van der Waals surface area (Å²) in [5, 5.41) is 0. The molecule has 5 heteroatoms. The maximum atomic E-state index is 13.3. The van der Waals surface area contributed by atoms with E-state index in [9.17, 15) is 4.39 Å². The summed E-state index contributed by atoms with van der Waals surface area (Å²) >= 11 is 0. The first-order chi connectivity index (χ1) is 8.70. The third kappa shape index (κ3) is 1.71. The van der Waals surface area contributed by atoms with Crippen LogP contribution in [0.4, 0.5) is 4.39 Å². The average molecular weight is 249 g/mol. The van der Waals surface area contributed by atoms with Crippen LogP contribution in [0, 0.1) is 5.82 Å². The molecule has 1 aromatic carbocycles. The lowest BCUT2D eigenvalue weighted by Crippen LogP contribution is -2.28. The highest BCUT2D eigenvalue weighted by molar-refractivity contribution is 5.76. The van der Waals surface area contributed by atoms with Gasteiger partial charge in [-0.2, -0.15) is 0 Å². The molecular weight excluding hydrogens is 233 g/mol. The van der Waals surface area contributed by atoms with Crippen LogP contribution in [0.2, 0.25) is 0 Å². The van der Waals surface area contributed by atoms with Crippen molar-refractivity contribution in [2.24, 2.45) is 5.73 Å². The average Bonchev–Trinajstić information content (AvgIpc) is 2.91.